The second-order valence-corrected chi connectivity index (χ2v) is 4.06. The summed E-state index contributed by atoms with van der Waals surface area (Å²) in [6.45, 7) is 4.16. The van der Waals surface area contributed by atoms with Gasteiger partial charge in [-0.3, -0.25) is 9.59 Å². The van der Waals surface area contributed by atoms with Crippen molar-refractivity contribution in [1.29, 1.82) is 0 Å². The van der Waals surface area contributed by atoms with E-state index < -0.39 is 0 Å². The summed E-state index contributed by atoms with van der Waals surface area (Å²) in [7, 11) is 1.67. The highest BCUT2D eigenvalue weighted by Crippen LogP contribution is 2.15. The number of amides is 2. The van der Waals surface area contributed by atoms with Gasteiger partial charge in [0.15, 0.2) is 0 Å². The van der Waals surface area contributed by atoms with E-state index in [0.29, 0.717) is 19.0 Å². The molecule has 0 aromatic carbocycles. The normalized spacial score (nSPS) is 9.84. The number of rotatable bonds is 6. The molecule has 0 aliphatic heterocycles. The van der Waals surface area contributed by atoms with Crippen LogP contribution in [0, 0.1) is 0 Å². The van der Waals surface area contributed by atoms with Crippen molar-refractivity contribution < 1.29 is 14.3 Å². The first-order valence-corrected chi connectivity index (χ1v) is 6.09. The molecule has 1 aromatic heterocycles. The van der Waals surface area contributed by atoms with Crippen LogP contribution in [0.25, 0.3) is 0 Å². The van der Waals surface area contributed by atoms with Crippen molar-refractivity contribution in [3.05, 3.63) is 23.9 Å². The third-order valence-corrected chi connectivity index (χ3v) is 2.45. The molecule has 0 unspecified atom stereocenters. The summed E-state index contributed by atoms with van der Waals surface area (Å²) in [5.74, 6) is 0.142. The third kappa shape index (κ3) is 4.95. The van der Waals surface area contributed by atoms with Crippen molar-refractivity contribution in [2.75, 3.05) is 20.2 Å². The van der Waals surface area contributed by atoms with Gasteiger partial charge in [-0.15, -0.1) is 0 Å². The summed E-state index contributed by atoms with van der Waals surface area (Å²) in [6.07, 6.45) is 1.65. The van der Waals surface area contributed by atoms with E-state index in [9.17, 15) is 9.59 Å². The maximum Gasteiger partial charge on any atom is 0.242 e. The molecule has 0 radical (unpaired) electrons. The van der Waals surface area contributed by atoms with E-state index in [4.69, 9.17) is 4.74 Å². The van der Waals surface area contributed by atoms with Crippen LogP contribution in [0.2, 0.25) is 0 Å². The summed E-state index contributed by atoms with van der Waals surface area (Å²) < 4.78 is 5.40. The average Bonchev–Trinajstić information content (AvgIpc) is 2.38. The summed E-state index contributed by atoms with van der Waals surface area (Å²) in [4.78, 5) is 28.2. The fourth-order valence-electron chi connectivity index (χ4n) is 1.49. The molecular formula is C13H19N3O3. The van der Waals surface area contributed by atoms with E-state index in [0.717, 1.165) is 5.56 Å². The molecular weight excluding hydrogens is 246 g/mol. The summed E-state index contributed by atoms with van der Waals surface area (Å²) >= 11 is 0. The largest absolute Gasteiger partial charge is 0.478 e. The molecule has 0 bridgehead atoms. The number of likely N-dealkylation sites (N-methyl/N-ethyl adjacent to an activating group) is 1. The summed E-state index contributed by atoms with van der Waals surface area (Å²) in [5.41, 5.74) is 0.836. The molecule has 0 aliphatic rings. The second-order valence-electron chi connectivity index (χ2n) is 4.06. The molecule has 0 saturated carbocycles. The molecule has 0 atom stereocenters. The predicted octanol–water partition coefficient (Wildman–Crippen LogP) is 0.575. The quantitative estimate of drug-likeness (QED) is 0.816. The van der Waals surface area contributed by atoms with Gasteiger partial charge in [0.2, 0.25) is 17.7 Å². The van der Waals surface area contributed by atoms with E-state index in [1.165, 1.54) is 11.8 Å². The Kier molecular flexibility index (Phi) is 5.78. The van der Waals surface area contributed by atoms with Gasteiger partial charge >= 0.3 is 0 Å². The minimum atomic E-state index is -0.224. The third-order valence-electron chi connectivity index (χ3n) is 2.45. The zero-order valence-corrected chi connectivity index (χ0v) is 11.5. The number of carbonyl (C=O) groups excluding carboxylic acids is 2. The topological polar surface area (TPSA) is 71.5 Å². The maximum absolute atomic E-state index is 11.8. The fourth-order valence-corrected chi connectivity index (χ4v) is 1.49. The number of nitrogens with one attached hydrogen (secondary N) is 1. The van der Waals surface area contributed by atoms with Gasteiger partial charge in [0, 0.05) is 25.7 Å². The molecule has 1 aromatic rings. The maximum atomic E-state index is 11.8. The van der Waals surface area contributed by atoms with Crippen molar-refractivity contribution in [2.24, 2.45) is 0 Å². The van der Waals surface area contributed by atoms with E-state index in [-0.39, 0.29) is 18.4 Å². The Bertz CT molecular complexity index is 449. The highest BCUT2D eigenvalue weighted by molar-refractivity contribution is 5.83. The van der Waals surface area contributed by atoms with Crippen LogP contribution in [0.15, 0.2) is 18.3 Å². The molecule has 0 aliphatic carbocycles. The minimum absolute atomic E-state index is 0.00391. The average molecular weight is 265 g/mol. The molecule has 1 rings (SSSR count). The molecule has 6 heteroatoms. The number of carbonyl (C=O) groups is 2. The van der Waals surface area contributed by atoms with Crippen LogP contribution in [-0.4, -0.2) is 41.9 Å². The molecule has 1 heterocycles. The SMILES string of the molecule is CCOc1ncccc1CN(C)C(=O)CNC(C)=O. The molecule has 6 nitrogen and oxygen atoms in total. The highest BCUT2D eigenvalue weighted by Gasteiger charge is 2.12. The number of hydrogen-bond acceptors (Lipinski definition) is 4. The highest BCUT2D eigenvalue weighted by atomic mass is 16.5. The van der Waals surface area contributed by atoms with Gasteiger partial charge in [-0.2, -0.15) is 0 Å². The Hall–Kier alpha value is -2.11. The van der Waals surface area contributed by atoms with E-state index in [1.54, 1.807) is 19.3 Å². The van der Waals surface area contributed by atoms with Crippen molar-refractivity contribution in [2.45, 2.75) is 20.4 Å². The first kappa shape index (κ1) is 14.9. The van der Waals surface area contributed by atoms with Gasteiger partial charge in [-0.05, 0) is 13.0 Å². The lowest BCUT2D eigenvalue weighted by molar-refractivity contribution is -0.131. The number of pyridine rings is 1. The molecule has 19 heavy (non-hydrogen) atoms. The first-order valence-electron chi connectivity index (χ1n) is 6.09. The molecule has 0 spiro atoms. The van der Waals surface area contributed by atoms with Gasteiger partial charge in [-0.1, -0.05) is 6.07 Å². The van der Waals surface area contributed by atoms with Gasteiger partial charge < -0.3 is 15.0 Å². The Morgan fingerprint density at radius 1 is 1.47 bits per heavy atom. The van der Waals surface area contributed by atoms with Crippen LogP contribution in [0.4, 0.5) is 0 Å². The minimum Gasteiger partial charge on any atom is -0.478 e. The number of aromatic nitrogens is 1. The zero-order chi connectivity index (χ0) is 14.3. The first-order chi connectivity index (χ1) is 9.04. The van der Waals surface area contributed by atoms with Crippen molar-refractivity contribution in [3.63, 3.8) is 0 Å². The zero-order valence-electron chi connectivity index (χ0n) is 11.5. The molecule has 1 N–H and O–H groups in total. The number of nitrogens with zero attached hydrogens (tertiary/aromatic N) is 2. The van der Waals surface area contributed by atoms with Gasteiger partial charge in [0.1, 0.15) is 0 Å². The molecule has 2 amide bonds. The molecule has 0 fully saturated rings. The van der Waals surface area contributed by atoms with E-state index in [1.807, 2.05) is 13.0 Å². The van der Waals surface area contributed by atoms with E-state index >= 15 is 0 Å². The van der Waals surface area contributed by atoms with Gasteiger partial charge in [0.25, 0.3) is 0 Å². The number of ether oxygens (including phenoxy) is 1. The predicted molar refractivity (Wildman–Crippen MR) is 70.6 cm³/mol. The monoisotopic (exact) mass is 265 g/mol. The number of hydrogen-bond donors (Lipinski definition) is 1. The van der Waals surface area contributed by atoms with Crippen LogP contribution < -0.4 is 10.1 Å². The molecule has 104 valence electrons. The summed E-state index contributed by atoms with van der Waals surface area (Å²) in [5, 5.41) is 2.47. The Morgan fingerprint density at radius 3 is 2.84 bits per heavy atom. The van der Waals surface area contributed by atoms with Gasteiger partial charge in [-0.25, -0.2) is 4.98 Å². The Balaban J connectivity index is 2.63. The van der Waals surface area contributed by atoms with Crippen LogP contribution in [0.1, 0.15) is 19.4 Å². The van der Waals surface area contributed by atoms with Crippen molar-refractivity contribution >= 4 is 11.8 Å². The second kappa shape index (κ2) is 7.35. The Morgan fingerprint density at radius 2 is 2.21 bits per heavy atom. The van der Waals surface area contributed by atoms with Crippen LogP contribution in [-0.2, 0) is 16.1 Å². The lowest BCUT2D eigenvalue weighted by atomic mass is 10.2. The smallest absolute Gasteiger partial charge is 0.242 e. The molecule has 0 saturated heterocycles. The fraction of sp³-hybridized carbons (Fsp3) is 0.462. The standard InChI is InChI=1S/C13H19N3O3/c1-4-19-13-11(6-5-7-14-13)9-16(3)12(18)8-15-10(2)17/h5-7H,4,8-9H2,1-3H3,(H,15,17). The summed E-state index contributed by atoms with van der Waals surface area (Å²) in [6, 6.07) is 3.66. The van der Waals surface area contributed by atoms with Gasteiger partial charge in [0.05, 0.1) is 19.7 Å². The van der Waals surface area contributed by atoms with Crippen LogP contribution in [0.3, 0.4) is 0 Å². The van der Waals surface area contributed by atoms with E-state index in [2.05, 4.69) is 10.3 Å². The van der Waals surface area contributed by atoms with Crippen LogP contribution >= 0.6 is 0 Å². The lowest BCUT2D eigenvalue weighted by Gasteiger charge is -2.18. The van der Waals surface area contributed by atoms with Crippen molar-refractivity contribution in [1.82, 2.24) is 15.2 Å². The van der Waals surface area contributed by atoms with Crippen LogP contribution in [0.5, 0.6) is 5.88 Å². The van der Waals surface area contributed by atoms with Crippen molar-refractivity contribution in [3.8, 4) is 5.88 Å². The lowest BCUT2D eigenvalue weighted by Crippen LogP contribution is -2.37. The Labute approximate surface area is 112 Å².